The third-order valence-corrected chi connectivity index (χ3v) is 9.06. The molecule has 0 fully saturated rings. The summed E-state index contributed by atoms with van der Waals surface area (Å²) in [6.07, 6.45) is 0. The molecule has 0 amide bonds. The van der Waals surface area contributed by atoms with Gasteiger partial charge in [-0.05, 0) is 49.2 Å². The van der Waals surface area contributed by atoms with Gasteiger partial charge in [-0.25, -0.2) is 0 Å². The molecule has 0 aliphatic carbocycles. The van der Waals surface area contributed by atoms with Crippen LogP contribution in [0.1, 0.15) is 41.4 Å². The van der Waals surface area contributed by atoms with Crippen LogP contribution in [0.15, 0.2) is 115 Å². The zero-order valence-corrected chi connectivity index (χ0v) is 20.7. The van der Waals surface area contributed by atoms with Crippen molar-refractivity contribution in [2.75, 3.05) is 0 Å². The molecule has 0 heterocycles. The minimum atomic E-state index is -3.37. The Kier molecular flexibility index (Phi) is 7.12. The molecule has 1 N–H and O–H groups in total. The predicted octanol–water partition coefficient (Wildman–Crippen LogP) is 5.93. The molecule has 5 heteroatoms. The van der Waals surface area contributed by atoms with E-state index in [9.17, 15) is 14.6 Å². The third kappa shape index (κ3) is 4.88. The molecule has 4 rings (SSSR count). The van der Waals surface area contributed by atoms with E-state index in [0.717, 1.165) is 11.1 Å². The molecular formula is C30H27N2O2P. The van der Waals surface area contributed by atoms with Gasteiger partial charge >= 0.3 is 0 Å². The molecule has 0 radical (unpaired) electrons. The fourth-order valence-electron chi connectivity index (χ4n) is 4.28. The van der Waals surface area contributed by atoms with Gasteiger partial charge in [0.2, 0.25) is 7.29 Å². The standard InChI is InChI=1S/C30H27N2O2P/c1-23(33)24-18-20-25(21-19-24)29(30(2,22-31)26-12-6-3-7-13-26)32-35(34,27-14-8-4-9-15-27)28-16-10-5-11-17-28/h3-21,29H,1-2H3,(H,32,34)/t29-,30-/m1/s1. The normalized spacial score (nSPS) is 13.9. The number of hydrogen-bond donors (Lipinski definition) is 1. The van der Waals surface area contributed by atoms with Crippen molar-refractivity contribution in [2.45, 2.75) is 25.3 Å². The van der Waals surface area contributed by atoms with Crippen LogP contribution in [0, 0.1) is 11.3 Å². The van der Waals surface area contributed by atoms with Crippen LogP contribution in [0.3, 0.4) is 0 Å². The van der Waals surface area contributed by atoms with E-state index in [0.29, 0.717) is 16.2 Å². The van der Waals surface area contributed by atoms with E-state index in [1.165, 1.54) is 6.92 Å². The Balaban J connectivity index is 1.93. The molecule has 0 unspecified atom stereocenters. The number of nitriles is 1. The van der Waals surface area contributed by atoms with Crippen LogP contribution in [0.5, 0.6) is 0 Å². The SMILES string of the molecule is CC(=O)c1ccc([C@@H](NP(=O)(c2ccccc2)c2ccccc2)[C@](C)(C#N)c2ccccc2)cc1. The van der Waals surface area contributed by atoms with Gasteiger partial charge in [-0.1, -0.05) is 91.0 Å². The summed E-state index contributed by atoms with van der Waals surface area (Å²) >= 11 is 0. The van der Waals surface area contributed by atoms with E-state index < -0.39 is 18.7 Å². The number of benzene rings is 4. The number of rotatable bonds is 8. The van der Waals surface area contributed by atoms with E-state index in [2.05, 4.69) is 11.2 Å². The number of nitrogens with one attached hydrogen (secondary N) is 1. The van der Waals surface area contributed by atoms with Gasteiger partial charge in [0.25, 0.3) is 0 Å². The van der Waals surface area contributed by atoms with Crippen molar-refractivity contribution in [2.24, 2.45) is 0 Å². The second-order valence-electron chi connectivity index (χ2n) is 8.70. The van der Waals surface area contributed by atoms with E-state index in [4.69, 9.17) is 0 Å². The Bertz CT molecular complexity index is 1340. The topological polar surface area (TPSA) is 70.0 Å². The largest absolute Gasteiger partial charge is 0.297 e. The number of ketones is 1. The summed E-state index contributed by atoms with van der Waals surface area (Å²) in [5, 5.41) is 15.3. The number of carbonyl (C=O) groups excluding carboxylic acids is 1. The van der Waals surface area contributed by atoms with Crippen molar-refractivity contribution in [1.29, 1.82) is 5.26 Å². The molecule has 4 nitrogen and oxygen atoms in total. The quantitative estimate of drug-likeness (QED) is 0.252. The van der Waals surface area contributed by atoms with Gasteiger partial charge in [0.05, 0.1) is 17.5 Å². The first kappa shape index (κ1) is 24.4. The lowest BCUT2D eigenvalue weighted by atomic mass is 9.75. The lowest BCUT2D eigenvalue weighted by Gasteiger charge is -2.36. The monoisotopic (exact) mass is 478 g/mol. The summed E-state index contributed by atoms with van der Waals surface area (Å²) < 4.78 is 14.9. The smallest absolute Gasteiger partial charge is 0.205 e. The van der Waals surface area contributed by atoms with Crippen LogP contribution in [-0.2, 0) is 9.98 Å². The van der Waals surface area contributed by atoms with E-state index in [-0.39, 0.29) is 5.78 Å². The van der Waals surface area contributed by atoms with Crippen LogP contribution in [-0.4, -0.2) is 5.78 Å². The summed E-state index contributed by atoms with van der Waals surface area (Å²) in [5.41, 5.74) is 1.11. The maximum atomic E-state index is 14.9. The van der Waals surface area contributed by atoms with E-state index in [1.807, 2.05) is 110 Å². The molecule has 0 aliphatic rings. The first-order chi connectivity index (χ1) is 16.9. The average Bonchev–Trinajstić information content (AvgIpc) is 2.92. The fourth-order valence-corrected chi connectivity index (χ4v) is 6.83. The predicted molar refractivity (Wildman–Crippen MR) is 141 cm³/mol. The molecule has 0 saturated heterocycles. The van der Waals surface area contributed by atoms with Gasteiger partial charge in [-0.15, -0.1) is 0 Å². The zero-order chi connectivity index (χ0) is 24.9. The summed E-state index contributed by atoms with van der Waals surface area (Å²) in [6, 6.07) is 37.2. The van der Waals surface area contributed by atoms with E-state index in [1.54, 1.807) is 12.1 Å². The van der Waals surface area contributed by atoms with Crippen molar-refractivity contribution in [3.05, 3.63) is 132 Å². The molecule has 0 aromatic heterocycles. The van der Waals surface area contributed by atoms with Crippen molar-refractivity contribution in [3.63, 3.8) is 0 Å². The minimum absolute atomic E-state index is 0.0357. The highest BCUT2D eigenvalue weighted by Crippen LogP contribution is 2.47. The molecule has 174 valence electrons. The summed E-state index contributed by atoms with van der Waals surface area (Å²) in [4.78, 5) is 11.9. The highest BCUT2D eigenvalue weighted by atomic mass is 31.2. The van der Waals surface area contributed by atoms with Crippen LogP contribution < -0.4 is 15.7 Å². The van der Waals surface area contributed by atoms with Gasteiger partial charge < -0.3 is 0 Å². The van der Waals surface area contributed by atoms with Crippen molar-refractivity contribution >= 4 is 23.7 Å². The second kappa shape index (κ2) is 10.2. The van der Waals surface area contributed by atoms with Crippen LogP contribution in [0.25, 0.3) is 0 Å². The summed E-state index contributed by atoms with van der Waals surface area (Å²) in [6.45, 7) is 3.38. The van der Waals surface area contributed by atoms with E-state index >= 15 is 0 Å². The zero-order valence-electron chi connectivity index (χ0n) is 19.8. The van der Waals surface area contributed by atoms with Crippen LogP contribution >= 0.6 is 7.29 Å². The Morgan fingerprint density at radius 1 is 0.800 bits per heavy atom. The third-order valence-electron chi connectivity index (χ3n) is 6.38. The average molecular weight is 479 g/mol. The first-order valence-corrected chi connectivity index (χ1v) is 13.2. The van der Waals surface area contributed by atoms with Gasteiger partial charge in [0, 0.05) is 16.2 Å². The second-order valence-corrected chi connectivity index (χ2v) is 11.2. The molecular weight excluding hydrogens is 451 g/mol. The maximum Gasteiger partial charge on any atom is 0.205 e. The van der Waals surface area contributed by atoms with Crippen molar-refractivity contribution in [3.8, 4) is 6.07 Å². The molecule has 4 aromatic rings. The molecule has 0 aliphatic heterocycles. The van der Waals surface area contributed by atoms with Crippen molar-refractivity contribution < 1.29 is 9.36 Å². The fraction of sp³-hybridized carbons (Fsp3) is 0.133. The molecule has 0 spiro atoms. The maximum absolute atomic E-state index is 14.9. The number of nitrogens with zero attached hydrogens (tertiary/aromatic N) is 1. The Morgan fingerprint density at radius 3 is 1.69 bits per heavy atom. The molecule has 0 bridgehead atoms. The molecule has 0 saturated carbocycles. The van der Waals surface area contributed by atoms with Crippen LogP contribution in [0.2, 0.25) is 0 Å². The number of hydrogen-bond acceptors (Lipinski definition) is 3. The summed E-state index contributed by atoms with van der Waals surface area (Å²) in [5.74, 6) is -0.0357. The van der Waals surface area contributed by atoms with Gasteiger partial charge in [0.15, 0.2) is 5.78 Å². The first-order valence-electron chi connectivity index (χ1n) is 11.5. The highest BCUT2D eigenvalue weighted by molar-refractivity contribution is 7.76. The van der Waals surface area contributed by atoms with Gasteiger partial charge in [-0.3, -0.25) is 14.4 Å². The summed E-state index contributed by atoms with van der Waals surface area (Å²) in [7, 11) is -3.37. The molecule has 4 aromatic carbocycles. The lowest BCUT2D eigenvalue weighted by molar-refractivity contribution is 0.101. The minimum Gasteiger partial charge on any atom is -0.297 e. The number of Topliss-reactive ketones (excluding diaryl/α,β-unsaturated/α-hetero) is 1. The lowest BCUT2D eigenvalue weighted by Crippen LogP contribution is -2.41. The Morgan fingerprint density at radius 2 is 1.26 bits per heavy atom. The molecule has 35 heavy (non-hydrogen) atoms. The number of carbonyl (C=O) groups is 1. The molecule has 2 atom stereocenters. The Labute approximate surface area is 206 Å². The van der Waals surface area contributed by atoms with Gasteiger partial charge in [0.1, 0.15) is 0 Å². The Hall–Kier alpha value is -3.77. The van der Waals surface area contributed by atoms with Crippen molar-refractivity contribution in [1.82, 2.24) is 5.09 Å². The van der Waals surface area contributed by atoms with Gasteiger partial charge in [-0.2, -0.15) is 5.26 Å². The highest BCUT2D eigenvalue weighted by Gasteiger charge is 2.42. The van der Waals surface area contributed by atoms with Crippen LogP contribution in [0.4, 0.5) is 0 Å².